The summed E-state index contributed by atoms with van der Waals surface area (Å²) in [5, 5.41) is 2.89. The molecule has 0 aliphatic carbocycles. The minimum absolute atomic E-state index is 0. The predicted molar refractivity (Wildman–Crippen MR) is 73.4 cm³/mol. The molecule has 0 radical (unpaired) electrons. The van der Waals surface area contributed by atoms with E-state index in [1.54, 1.807) is 0 Å². The Balaban J connectivity index is 0.00000289. The van der Waals surface area contributed by atoms with Gasteiger partial charge in [-0.15, -0.1) is 12.4 Å². The van der Waals surface area contributed by atoms with Crippen LogP contribution in [-0.4, -0.2) is 18.0 Å². The zero-order chi connectivity index (χ0) is 13.1. The zero-order valence-corrected chi connectivity index (χ0v) is 11.7. The summed E-state index contributed by atoms with van der Waals surface area (Å²) >= 11 is 0. The van der Waals surface area contributed by atoms with Gasteiger partial charge in [0.15, 0.2) is 0 Å². The fourth-order valence-corrected chi connectivity index (χ4v) is 1.36. The second-order valence-electron chi connectivity index (χ2n) is 4.74. The number of rotatable bonds is 4. The first kappa shape index (κ1) is 16.9. The van der Waals surface area contributed by atoms with Crippen molar-refractivity contribution in [1.82, 2.24) is 5.32 Å². The minimum atomic E-state index is -0.453. The Hall–Kier alpha value is -1.13. The molecule has 0 saturated carbocycles. The summed E-state index contributed by atoms with van der Waals surface area (Å²) in [7, 11) is 0. The third-order valence-electron chi connectivity index (χ3n) is 3.20. The third-order valence-corrected chi connectivity index (χ3v) is 3.20. The Morgan fingerprint density at radius 3 is 2.28 bits per heavy atom. The molecule has 3 nitrogen and oxygen atoms in total. The van der Waals surface area contributed by atoms with Crippen molar-refractivity contribution in [2.45, 2.75) is 26.3 Å². The van der Waals surface area contributed by atoms with Gasteiger partial charge in [0.1, 0.15) is 5.82 Å². The molecule has 3 N–H and O–H groups in total. The number of hydrogen-bond acceptors (Lipinski definition) is 2. The lowest BCUT2D eigenvalue weighted by atomic mass is 9.88. The quantitative estimate of drug-likeness (QED) is 0.886. The fraction of sp³-hybridized carbons (Fsp3) is 0.462. The molecule has 1 aromatic rings. The van der Waals surface area contributed by atoms with Crippen molar-refractivity contribution in [3.8, 4) is 0 Å². The Labute approximate surface area is 113 Å². The molecule has 0 aromatic heterocycles. The number of carbonyl (C=O) groups excluding carboxylic acids is 1. The van der Waals surface area contributed by atoms with Crippen LogP contribution in [-0.2, 0) is 0 Å². The standard InChI is InChI=1S/C13H19FN2O.ClH/c1-9(2)13(3,8-15)16-12(17)10-4-6-11(14)7-5-10;/h4-7,9H,8,15H2,1-3H3,(H,16,17);1H. The average Bonchev–Trinajstić information content (AvgIpc) is 2.29. The summed E-state index contributed by atoms with van der Waals surface area (Å²) in [6.45, 7) is 6.26. The first-order chi connectivity index (χ1) is 7.89. The van der Waals surface area contributed by atoms with Crippen molar-refractivity contribution in [3.05, 3.63) is 35.6 Å². The smallest absolute Gasteiger partial charge is 0.251 e. The van der Waals surface area contributed by atoms with E-state index in [-0.39, 0.29) is 30.0 Å². The Morgan fingerprint density at radius 2 is 1.89 bits per heavy atom. The third kappa shape index (κ3) is 3.96. The summed E-state index contributed by atoms with van der Waals surface area (Å²) in [6.07, 6.45) is 0. The summed E-state index contributed by atoms with van der Waals surface area (Å²) in [6, 6.07) is 5.46. The molecule has 0 aliphatic rings. The average molecular weight is 275 g/mol. The molecule has 18 heavy (non-hydrogen) atoms. The summed E-state index contributed by atoms with van der Waals surface area (Å²) in [4.78, 5) is 11.9. The Kier molecular flexibility index (Phi) is 6.29. The van der Waals surface area contributed by atoms with Crippen LogP contribution in [0, 0.1) is 11.7 Å². The number of benzene rings is 1. The Morgan fingerprint density at radius 1 is 1.39 bits per heavy atom. The van der Waals surface area contributed by atoms with Gasteiger partial charge in [0, 0.05) is 12.1 Å². The van der Waals surface area contributed by atoms with E-state index in [2.05, 4.69) is 5.32 Å². The number of nitrogens with two attached hydrogens (primary N) is 1. The second-order valence-corrected chi connectivity index (χ2v) is 4.74. The van der Waals surface area contributed by atoms with Gasteiger partial charge in [-0.1, -0.05) is 13.8 Å². The molecular formula is C13H20ClFN2O. The van der Waals surface area contributed by atoms with Crippen LogP contribution in [0.2, 0.25) is 0 Å². The maximum absolute atomic E-state index is 12.7. The lowest BCUT2D eigenvalue weighted by Crippen LogP contribution is -2.55. The van der Waals surface area contributed by atoms with Crippen LogP contribution in [0.5, 0.6) is 0 Å². The van der Waals surface area contributed by atoms with Gasteiger partial charge in [0.2, 0.25) is 0 Å². The van der Waals surface area contributed by atoms with Crippen molar-refractivity contribution >= 4 is 18.3 Å². The van der Waals surface area contributed by atoms with Gasteiger partial charge in [0.25, 0.3) is 5.91 Å². The van der Waals surface area contributed by atoms with Crippen LogP contribution < -0.4 is 11.1 Å². The van der Waals surface area contributed by atoms with Crippen molar-refractivity contribution in [1.29, 1.82) is 0 Å². The molecule has 1 rings (SSSR count). The van der Waals surface area contributed by atoms with Crippen LogP contribution in [0.1, 0.15) is 31.1 Å². The summed E-state index contributed by atoms with van der Waals surface area (Å²) in [5.41, 5.74) is 5.67. The van der Waals surface area contributed by atoms with E-state index in [1.807, 2.05) is 20.8 Å². The van der Waals surface area contributed by atoms with Crippen LogP contribution in [0.15, 0.2) is 24.3 Å². The number of hydrogen-bond donors (Lipinski definition) is 2. The molecule has 0 fully saturated rings. The maximum Gasteiger partial charge on any atom is 0.251 e. The highest BCUT2D eigenvalue weighted by molar-refractivity contribution is 5.94. The molecule has 1 aromatic carbocycles. The van der Waals surface area contributed by atoms with Crippen LogP contribution in [0.25, 0.3) is 0 Å². The van der Waals surface area contributed by atoms with Crippen molar-refractivity contribution in [3.63, 3.8) is 0 Å². The van der Waals surface area contributed by atoms with Gasteiger partial charge in [-0.25, -0.2) is 4.39 Å². The van der Waals surface area contributed by atoms with Crippen molar-refractivity contribution in [2.75, 3.05) is 6.54 Å². The molecule has 0 heterocycles. The van der Waals surface area contributed by atoms with Crippen molar-refractivity contribution < 1.29 is 9.18 Å². The summed E-state index contributed by atoms with van der Waals surface area (Å²) < 4.78 is 12.7. The molecule has 0 aliphatic heterocycles. The van der Waals surface area contributed by atoms with E-state index in [9.17, 15) is 9.18 Å². The topological polar surface area (TPSA) is 55.1 Å². The molecule has 102 valence electrons. The minimum Gasteiger partial charge on any atom is -0.345 e. The van der Waals surface area contributed by atoms with Gasteiger partial charge in [-0.05, 0) is 37.1 Å². The van der Waals surface area contributed by atoms with Crippen LogP contribution >= 0.6 is 12.4 Å². The van der Waals surface area contributed by atoms with Gasteiger partial charge in [-0.2, -0.15) is 0 Å². The van der Waals surface area contributed by atoms with Gasteiger partial charge in [0.05, 0.1) is 5.54 Å². The largest absolute Gasteiger partial charge is 0.345 e. The summed E-state index contributed by atoms with van der Waals surface area (Å²) in [5.74, 6) is -0.365. The SMILES string of the molecule is CC(C)C(C)(CN)NC(=O)c1ccc(F)cc1.Cl. The van der Waals surface area contributed by atoms with Gasteiger partial charge < -0.3 is 11.1 Å². The van der Waals surface area contributed by atoms with E-state index >= 15 is 0 Å². The van der Waals surface area contributed by atoms with Crippen LogP contribution in [0.3, 0.4) is 0 Å². The van der Waals surface area contributed by atoms with Crippen molar-refractivity contribution in [2.24, 2.45) is 11.7 Å². The lowest BCUT2D eigenvalue weighted by molar-refractivity contribution is 0.0883. The maximum atomic E-state index is 12.7. The van der Waals surface area contributed by atoms with E-state index < -0.39 is 5.54 Å². The first-order valence-corrected chi connectivity index (χ1v) is 5.67. The molecule has 0 spiro atoms. The Bertz CT molecular complexity index is 394. The molecule has 0 saturated heterocycles. The second kappa shape index (κ2) is 6.71. The fourth-order valence-electron chi connectivity index (χ4n) is 1.36. The molecule has 1 atom stereocenters. The van der Waals surface area contributed by atoms with E-state index in [0.717, 1.165) is 0 Å². The lowest BCUT2D eigenvalue weighted by Gasteiger charge is -2.33. The van der Waals surface area contributed by atoms with Gasteiger partial charge in [-0.3, -0.25) is 4.79 Å². The number of nitrogens with one attached hydrogen (secondary N) is 1. The normalized spacial score (nSPS) is 13.7. The van der Waals surface area contributed by atoms with Gasteiger partial charge >= 0.3 is 0 Å². The highest BCUT2D eigenvalue weighted by Crippen LogP contribution is 2.15. The monoisotopic (exact) mass is 274 g/mol. The first-order valence-electron chi connectivity index (χ1n) is 5.67. The number of amides is 1. The molecule has 0 bridgehead atoms. The number of halogens is 2. The zero-order valence-electron chi connectivity index (χ0n) is 10.9. The molecular weight excluding hydrogens is 255 g/mol. The van der Waals surface area contributed by atoms with E-state index in [1.165, 1.54) is 24.3 Å². The highest BCUT2D eigenvalue weighted by Gasteiger charge is 2.28. The number of carbonyl (C=O) groups is 1. The highest BCUT2D eigenvalue weighted by atomic mass is 35.5. The van der Waals surface area contributed by atoms with E-state index in [0.29, 0.717) is 12.1 Å². The predicted octanol–water partition coefficient (Wildman–Crippen LogP) is 2.35. The van der Waals surface area contributed by atoms with Crippen LogP contribution in [0.4, 0.5) is 4.39 Å². The molecule has 1 unspecified atom stereocenters. The molecule has 1 amide bonds. The van der Waals surface area contributed by atoms with E-state index in [4.69, 9.17) is 5.73 Å². The molecule has 5 heteroatoms.